The first kappa shape index (κ1) is 14.6. The van der Waals surface area contributed by atoms with E-state index in [1.54, 1.807) is 6.08 Å². The van der Waals surface area contributed by atoms with E-state index >= 15 is 0 Å². The molecule has 2 rings (SSSR count). The Hall–Kier alpha value is -2.80. The van der Waals surface area contributed by atoms with Crippen molar-refractivity contribution >= 4 is 11.9 Å². The van der Waals surface area contributed by atoms with Crippen molar-refractivity contribution in [2.45, 2.75) is 6.10 Å². The molecule has 0 N–H and O–H groups in total. The Balaban J connectivity index is 2.26. The summed E-state index contributed by atoms with van der Waals surface area (Å²) in [5, 5.41) is 0. The van der Waals surface area contributed by atoms with Crippen LogP contribution in [0.5, 0.6) is 0 Å². The number of carbonyl (C=O) groups excluding carboxylic acids is 2. The number of esters is 2. The van der Waals surface area contributed by atoms with Gasteiger partial charge in [-0.1, -0.05) is 36.6 Å². The summed E-state index contributed by atoms with van der Waals surface area (Å²) >= 11 is 0. The summed E-state index contributed by atoms with van der Waals surface area (Å²) in [7, 11) is 1.27. The molecule has 1 aliphatic rings. The van der Waals surface area contributed by atoms with Crippen molar-refractivity contribution in [2.24, 2.45) is 5.92 Å². The summed E-state index contributed by atoms with van der Waals surface area (Å²) in [5.74, 6) is 4.22. The highest BCUT2D eigenvalue weighted by molar-refractivity contribution is 5.90. The quantitative estimate of drug-likeness (QED) is 0.482. The molecule has 4 nitrogen and oxygen atoms in total. The highest BCUT2D eigenvalue weighted by Crippen LogP contribution is 2.22. The fourth-order valence-corrected chi connectivity index (χ4v) is 1.87. The molecular formula is C17H14O4. The van der Waals surface area contributed by atoms with Gasteiger partial charge >= 0.3 is 11.9 Å². The Morgan fingerprint density at radius 1 is 1.38 bits per heavy atom. The number of hydrogen-bond acceptors (Lipinski definition) is 4. The van der Waals surface area contributed by atoms with Gasteiger partial charge in [-0.2, -0.15) is 0 Å². The minimum Gasteiger partial charge on any atom is -0.466 e. The summed E-state index contributed by atoms with van der Waals surface area (Å²) in [6, 6.07) is 9.31. The lowest BCUT2D eigenvalue weighted by atomic mass is 9.94. The first-order chi connectivity index (χ1) is 10.1. The van der Waals surface area contributed by atoms with E-state index < -0.39 is 24.0 Å². The van der Waals surface area contributed by atoms with Crippen molar-refractivity contribution in [1.29, 1.82) is 0 Å². The van der Waals surface area contributed by atoms with Crippen LogP contribution in [0.2, 0.25) is 0 Å². The zero-order chi connectivity index (χ0) is 15.2. The normalized spacial score (nSPS) is 17.4. The minimum atomic E-state index is -0.639. The van der Waals surface area contributed by atoms with Gasteiger partial charge in [0.05, 0.1) is 13.0 Å². The molecule has 0 saturated heterocycles. The first-order valence-corrected chi connectivity index (χ1v) is 6.34. The van der Waals surface area contributed by atoms with Gasteiger partial charge in [0.15, 0.2) is 0 Å². The molecular weight excluding hydrogens is 268 g/mol. The second kappa shape index (κ2) is 6.58. The van der Waals surface area contributed by atoms with Crippen LogP contribution < -0.4 is 0 Å². The predicted octanol–water partition coefficient (Wildman–Crippen LogP) is 1.87. The highest BCUT2D eigenvalue weighted by atomic mass is 16.5. The van der Waals surface area contributed by atoms with Crippen LogP contribution in [0, 0.1) is 17.8 Å². The van der Waals surface area contributed by atoms with Gasteiger partial charge in [-0.25, -0.2) is 9.59 Å². The Kier molecular flexibility index (Phi) is 4.57. The Morgan fingerprint density at radius 3 is 2.67 bits per heavy atom. The van der Waals surface area contributed by atoms with Gasteiger partial charge in [0, 0.05) is 17.2 Å². The smallest absolute Gasteiger partial charge is 0.334 e. The number of cyclic esters (lactones) is 1. The molecule has 0 bridgehead atoms. The number of carbonyl (C=O) groups is 2. The first-order valence-electron chi connectivity index (χ1n) is 6.34. The molecule has 2 atom stereocenters. The van der Waals surface area contributed by atoms with Crippen LogP contribution in [-0.4, -0.2) is 25.2 Å². The average Bonchev–Trinajstić information content (AvgIpc) is 2.93. The fourth-order valence-electron chi connectivity index (χ4n) is 1.87. The molecule has 1 heterocycles. The SMILES string of the molecule is C=C(C(=O)OC)C(C#Cc1ccccc1)[C@@H]1C=CC(=O)O1. The van der Waals surface area contributed by atoms with Crippen molar-refractivity contribution in [2.75, 3.05) is 7.11 Å². The van der Waals surface area contributed by atoms with Gasteiger partial charge in [-0.3, -0.25) is 0 Å². The van der Waals surface area contributed by atoms with Crippen molar-refractivity contribution in [3.8, 4) is 11.8 Å². The van der Waals surface area contributed by atoms with Gasteiger partial charge < -0.3 is 9.47 Å². The topological polar surface area (TPSA) is 52.6 Å². The summed E-state index contributed by atoms with van der Waals surface area (Å²) in [6.45, 7) is 3.71. The van der Waals surface area contributed by atoms with E-state index in [9.17, 15) is 9.59 Å². The van der Waals surface area contributed by atoms with Crippen LogP contribution >= 0.6 is 0 Å². The molecule has 0 aromatic heterocycles. The lowest BCUT2D eigenvalue weighted by Crippen LogP contribution is -2.25. The second-order valence-corrected chi connectivity index (χ2v) is 4.39. The largest absolute Gasteiger partial charge is 0.466 e. The summed E-state index contributed by atoms with van der Waals surface area (Å²) < 4.78 is 9.77. The van der Waals surface area contributed by atoms with E-state index in [2.05, 4.69) is 23.2 Å². The van der Waals surface area contributed by atoms with Crippen LogP contribution in [0.4, 0.5) is 0 Å². The van der Waals surface area contributed by atoms with Crippen LogP contribution in [-0.2, 0) is 19.1 Å². The number of benzene rings is 1. The molecule has 21 heavy (non-hydrogen) atoms. The third kappa shape index (κ3) is 3.61. The summed E-state index contributed by atoms with van der Waals surface area (Å²) in [6.07, 6.45) is 2.26. The monoisotopic (exact) mass is 282 g/mol. The molecule has 0 fully saturated rings. The van der Waals surface area contributed by atoms with E-state index in [0.29, 0.717) is 0 Å². The third-order valence-electron chi connectivity index (χ3n) is 2.97. The van der Waals surface area contributed by atoms with Crippen molar-refractivity contribution in [3.63, 3.8) is 0 Å². The molecule has 0 radical (unpaired) electrons. The van der Waals surface area contributed by atoms with Gasteiger partial charge in [0.2, 0.25) is 0 Å². The summed E-state index contributed by atoms with van der Waals surface area (Å²) in [4.78, 5) is 22.8. The fraction of sp³-hybridized carbons (Fsp3) is 0.176. The Labute approximate surface area is 123 Å². The molecule has 1 aromatic rings. The molecule has 0 spiro atoms. The molecule has 106 valence electrons. The van der Waals surface area contributed by atoms with Gasteiger partial charge in [0.25, 0.3) is 0 Å². The van der Waals surface area contributed by atoms with E-state index in [-0.39, 0.29) is 5.57 Å². The molecule has 1 unspecified atom stereocenters. The molecule has 1 aromatic carbocycles. The predicted molar refractivity (Wildman–Crippen MR) is 77.0 cm³/mol. The van der Waals surface area contributed by atoms with E-state index in [1.165, 1.54) is 13.2 Å². The third-order valence-corrected chi connectivity index (χ3v) is 2.97. The van der Waals surface area contributed by atoms with Crippen LogP contribution in [0.3, 0.4) is 0 Å². The average molecular weight is 282 g/mol. The van der Waals surface area contributed by atoms with E-state index in [0.717, 1.165) is 5.56 Å². The van der Waals surface area contributed by atoms with Gasteiger partial charge in [0.1, 0.15) is 6.10 Å². The maximum absolute atomic E-state index is 11.6. The maximum atomic E-state index is 11.6. The lowest BCUT2D eigenvalue weighted by Gasteiger charge is -2.17. The molecule has 1 aliphatic heterocycles. The molecule has 0 aliphatic carbocycles. The Morgan fingerprint density at radius 2 is 2.10 bits per heavy atom. The standard InChI is InChI=1S/C17H14O4/c1-12(17(19)20-2)14(15-10-11-16(18)21-15)9-8-13-6-4-3-5-7-13/h3-7,10-11,14-15H,1H2,2H3/t14?,15-/m0/s1. The maximum Gasteiger partial charge on any atom is 0.334 e. The molecule has 0 amide bonds. The number of methoxy groups -OCH3 is 1. The van der Waals surface area contributed by atoms with E-state index in [1.807, 2.05) is 30.3 Å². The minimum absolute atomic E-state index is 0.158. The van der Waals surface area contributed by atoms with Crippen molar-refractivity contribution in [3.05, 3.63) is 60.2 Å². The van der Waals surface area contributed by atoms with Crippen molar-refractivity contribution < 1.29 is 19.1 Å². The lowest BCUT2D eigenvalue weighted by molar-refractivity contribution is -0.141. The van der Waals surface area contributed by atoms with Crippen molar-refractivity contribution in [1.82, 2.24) is 0 Å². The highest BCUT2D eigenvalue weighted by Gasteiger charge is 2.30. The van der Waals surface area contributed by atoms with Gasteiger partial charge in [-0.15, -0.1) is 0 Å². The Bertz CT molecular complexity index is 646. The number of hydrogen-bond donors (Lipinski definition) is 0. The second-order valence-electron chi connectivity index (χ2n) is 4.39. The zero-order valence-corrected chi connectivity index (χ0v) is 11.5. The van der Waals surface area contributed by atoms with Crippen LogP contribution in [0.15, 0.2) is 54.6 Å². The van der Waals surface area contributed by atoms with Gasteiger partial charge in [-0.05, 0) is 18.2 Å². The van der Waals surface area contributed by atoms with Crippen LogP contribution in [0.1, 0.15) is 5.56 Å². The number of ether oxygens (including phenoxy) is 2. The summed E-state index contributed by atoms with van der Waals surface area (Å²) in [5.41, 5.74) is 0.957. The molecule has 4 heteroatoms. The molecule has 0 saturated carbocycles. The number of rotatable bonds is 3. The van der Waals surface area contributed by atoms with E-state index in [4.69, 9.17) is 4.74 Å². The zero-order valence-electron chi connectivity index (χ0n) is 11.5. The van der Waals surface area contributed by atoms with Crippen LogP contribution in [0.25, 0.3) is 0 Å².